The van der Waals surface area contributed by atoms with Gasteiger partial charge >= 0.3 is 6.18 Å². The predicted octanol–water partition coefficient (Wildman–Crippen LogP) is 3.58. The van der Waals surface area contributed by atoms with Gasteiger partial charge in [-0.3, -0.25) is 0 Å². The van der Waals surface area contributed by atoms with Gasteiger partial charge in [-0.15, -0.1) is 0 Å². The van der Waals surface area contributed by atoms with E-state index in [4.69, 9.17) is 10.5 Å². The number of nitrogens with zero attached hydrogens (tertiary/aromatic N) is 5. The molecule has 0 unspecified atom stereocenters. The quantitative estimate of drug-likeness (QED) is 0.466. The third-order valence-corrected chi connectivity index (χ3v) is 4.89. The van der Waals surface area contributed by atoms with Gasteiger partial charge in [0.1, 0.15) is 17.8 Å². The van der Waals surface area contributed by atoms with Gasteiger partial charge in [0.2, 0.25) is 5.88 Å². The van der Waals surface area contributed by atoms with Gasteiger partial charge in [0.15, 0.2) is 12.3 Å². The van der Waals surface area contributed by atoms with E-state index in [1.54, 1.807) is 22.9 Å². The van der Waals surface area contributed by atoms with Crippen LogP contribution in [0.15, 0.2) is 36.7 Å². The average Bonchev–Trinajstić information content (AvgIpc) is 3.10. The van der Waals surface area contributed by atoms with E-state index >= 15 is 0 Å². The molecule has 0 saturated carbocycles. The molecule has 4 aromatic rings. The second kappa shape index (κ2) is 7.90. The van der Waals surface area contributed by atoms with Crippen molar-refractivity contribution in [2.45, 2.75) is 26.6 Å². The fourth-order valence-electron chi connectivity index (χ4n) is 3.29. The van der Waals surface area contributed by atoms with Crippen LogP contribution in [0, 0.1) is 5.41 Å². The number of alkyl halides is 3. The molecule has 0 aliphatic rings. The summed E-state index contributed by atoms with van der Waals surface area (Å²) in [5, 5.41) is 15.6. The fraction of sp³-hybridized carbons (Fsp3) is 0.333. The lowest BCUT2D eigenvalue weighted by Crippen LogP contribution is -2.24. The summed E-state index contributed by atoms with van der Waals surface area (Å²) in [5.41, 5.74) is 7.99. The van der Waals surface area contributed by atoms with Gasteiger partial charge < -0.3 is 15.6 Å². The van der Waals surface area contributed by atoms with Crippen LogP contribution in [0.2, 0.25) is 0 Å². The van der Waals surface area contributed by atoms with Crippen LogP contribution in [-0.4, -0.2) is 49.2 Å². The van der Waals surface area contributed by atoms with Gasteiger partial charge in [-0.05, 0) is 18.2 Å². The molecule has 32 heavy (non-hydrogen) atoms. The summed E-state index contributed by atoms with van der Waals surface area (Å²) in [6.45, 7) is 2.78. The number of benzene rings is 1. The highest BCUT2D eigenvalue weighted by Gasteiger charge is 2.28. The smallest absolute Gasteiger partial charge is 0.422 e. The number of anilines is 1. The second-order valence-electron chi connectivity index (χ2n) is 8.25. The Morgan fingerprint density at radius 2 is 1.91 bits per heavy atom. The first-order valence-electron chi connectivity index (χ1n) is 9.75. The standard InChI is InChI=1S/C21H21F3N6O2/c1-20(2,9-31)8-30-19-16(18(25)26-11-27-19)17(29-30)13-3-5-14-12(7-13)4-6-15(28-14)32-10-21(22,23)24/h3-7,11,31H,8-10H2,1-2H3,(H2,25,26,27). The van der Waals surface area contributed by atoms with Crippen LogP contribution in [0.4, 0.5) is 19.0 Å². The molecule has 0 spiro atoms. The number of pyridine rings is 1. The number of ether oxygens (including phenoxy) is 1. The number of hydrogen-bond donors (Lipinski definition) is 2. The van der Waals surface area contributed by atoms with E-state index in [-0.39, 0.29) is 18.3 Å². The zero-order valence-corrected chi connectivity index (χ0v) is 17.4. The van der Waals surface area contributed by atoms with E-state index in [0.717, 1.165) is 5.56 Å². The molecule has 0 fully saturated rings. The minimum Gasteiger partial charge on any atom is -0.468 e. The lowest BCUT2D eigenvalue weighted by molar-refractivity contribution is -0.154. The first kappa shape index (κ1) is 21.8. The van der Waals surface area contributed by atoms with Crippen molar-refractivity contribution in [1.29, 1.82) is 0 Å². The van der Waals surface area contributed by atoms with Crippen LogP contribution in [0.1, 0.15) is 13.8 Å². The van der Waals surface area contributed by atoms with Gasteiger partial charge in [0.05, 0.1) is 17.4 Å². The molecule has 3 heterocycles. The third kappa shape index (κ3) is 4.42. The molecular formula is C21H21F3N6O2. The molecule has 0 saturated heterocycles. The molecule has 0 amide bonds. The largest absolute Gasteiger partial charge is 0.468 e. The minimum absolute atomic E-state index is 0.0371. The highest BCUT2D eigenvalue weighted by molar-refractivity contribution is 5.99. The van der Waals surface area contributed by atoms with E-state index in [1.165, 1.54) is 12.4 Å². The number of aliphatic hydroxyl groups is 1. The maximum Gasteiger partial charge on any atom is 0.422 e. The molecule has 0 aliphatic heterocycles. The van der Waals surface area contributed by atoms with Crippen molar-refractivity contribution in [2.24, 2.45) is 5.41 Å². The van der Waals surface area contributed by atoms with E-state index in [0.29, 0.717) is 34.2 Å². The highest BCUT2D eigenvalue weighted by atomic mass is 19.4. The second-order valence-corrected chi connectivity index (χ2v) is 8.25. The zero-order valence-electron chi connectivity index (χ0n) is 17.4. The van der Waals surface area contributed by atoms with Gasteiger partial charge in [0, 0.05) is 29.0 Å². The number of nitrogen functional groups attached to an aromatic ring is 1. The molecule has 1 aromatic carbocycles. The molecule has 0 radical (unpaired) electrons. The summed E-state index contributed by atoms with van der Waals surface area (Å²) in [7, 11) is 0. The molecule has 3 N–H and O–H groups in total. The Morgan fingerprint density at radius 3 is 2.62 bits per heavy atom. The summed E-state index contributed by atoms with van der Waals surface area (Å²) in [6, 6.07) is 8.25. The number of hydrogen-bond acceptors (Lipinski definition) is 7. The van der Waals surface area contributed by atoms with E-state index in [9.17, 15) is 18.3 Å². The Morgan fingerprint density at radius 1 is 1.12 bits per heavy atom. The molecular weight excluding hydrogens is 425 g/mol. The fourth-order valence-corrected chi connectivity index (χ4v) is 3.29. The van der Waals surface area contributed by atoms with Crippen LogP contribution >= 0.6 is 0 Å². The summed E-state index contributed by atoms with van der Waals surface area (Å²) in [6.07, 6.45) is -3.08. The number of nitrogens with two attached hydrogens (primary N) is 1. The topological polar surface area (TPSA) is 112 Å². The maximum absolute atomic E-state index is 12.4. The van der Waals surface area contributed by atoms with Crippen LogP contribution in [-0.2, 0) is 6.54 Å². The van der Waals surface area contributed by atoms with Crippen LogP contribution in [0.5, 0.6) is 5.88 Å². The molecule has 8 nitrogen and oxygen atoms in total. The third-order valence-electron chi connectivity index (χ3n) is 4.89. The summed E-state index contributed by atoms with van der Waals surface area (Å²) < 4.78 is 43.6. The number of fused-ring (bicyclic) bond motifs is 2. The Balaban J connectivity index is 1.76. The summed E-state index contributed by atoms with van der Waals surface area (Å²) in [5.74, 6) is 0.161. The molecule has 168 valence electrons. The monoisotopic (exact) mass is 446 g/mol. The normalized spacial score (nSPS) is 12.6. The zero-order chi connectivity index (χ0) is 23.1. The van der Waals surface area contributed by atoms with E-state index in [2.05, 4.69) is 20.1 Å². The first-order valence-corrected chi connectivity index (χ1v) is 9.75. The average molecular weight is 446 g/mol. The van der Waals surface area contributed by atoms with Crippen LogP contribution in [0.25, 0.3) is 33.2 Å². The van der Waals surface area contributed by atoms with Crippen molar-refractivity contribution in [2.75, 3.05) is 18.9 Å². The number of aromatic nitrogens is 5. The Kier molecular flexibility index (Phi) is 5.37. The molecule has 4 rings (SSSR count). The molecule has 3 aromatic heterocycles. The van der Waals surface area contributed by atoms with Crippen LogP contribution in [0.3, 0.4) is 0 Å². The molecule has 0 atom stereocenters. The lowest BCUT2D eigenvalue weighted by Gasteiger charge is -2.21. The van der Waals surface area contributed by atoms with Gasteiger partial charge in [-0.1, -0.05) is 19.9 Å². The maximum atomic E-state index is 12.4. The Bertz CT molecular complexity index is 1290. The molecule has 11 heteroatoms. The van der Waals surface area contributed by atoms with Gasteiger partial charge in [0.25, 0.3) is 0 Å². The van der Waals surface area contributed by atoms with Crippen LogP contribution < -0.4 is 10.5 Å². The highest BCUT2D eigenvalue weighted by Crippen LogP contribution is 2.33. The number of aliphatic hydroxyl groups excluding tert-OH is 1. The number of rotatable bonds is 6. The minimum atomic E-state index is -4.44. The molecule has 0 aliphatic carbocycles. The van der Waals surface area contributed by atoms with Crippen molar-refractivity contribution in [1.82, 2.24) is 24.7 Å². The van der Waals surface area contributed by atoms with Crippen molar-refractivity contribution in [3.63, 3.8) is 0 Å². The van der Waals surface area contributed by atoms with Crippen molar-refractivity contribution >= 4 is 27.8 Å². The van der Waals surface area contributed by atoms with E-state index < -0.39 is 18.2 Å². The first-order chi connectivity index (χ1) is 15.1. The Labute approximate surface area is 180 Å². The van der Waals surface area contributed by atoms with Gasteiger partial charge in [-0.2, -0.15) is 18.3 Å². The Hall–Kier alpha value is -3.47. The summed E-state index contributed by atoms with van der Waals surface area (Å²) >= 11 is 0. The molecule has 0 bridgehead atoms. The lowest BCUT2D eigenvalue weighted by atomic mass is 9.95. The van der Waals surface area contributed by atoms with Gasteiger partial charge in [-0.25, -0.2) is 19.6 Å². The van der Waals surface area contributed by atoms with Crippen molar-refractivity contribution < 1.29 is 23.0 Å². The van der Waals surface area contributed by atoms with E-state index in [1.807, 2.05) is 19.9 Å². The summed E-state index contributed by atoms with van der Waals surface area (Å²) in [4.78, 5) is 12.5. The SMILES string of the molecule is CC(C)(CO)Cn1nc(-c2ccc3nc(OCC(F)(F)F)ccc3c2)c2c(N)ncnc21. The number of halogens is 3. The van der Waals surface area contributed by atoms with Crippen molar-refractivity contribution in [3.8, 4) is 17.1 Å². The van der Waals surface area contributed by atoms with Crippen molar-refractivity contribution in [3.05, 3.63) is 36.7 Å². The predicted molar refractivity (Wildman–Crippen MR) is 113 cm³/mol.